The largest absolute Gasteiger partial charge is 0.457 e. The summed E-state index contributed by atoms with van der Waals surface area (Å²) in [5.74, 6) is 2.02. The molecule has 1 aromatic heterocycles. The molecule has 2 aromatic carbocycles. The SMILES string of the molecule is CCCCCCSC1=NN2C(=c3ccccc3=N[C@H]2c2ccc(-c3ccc(C)c(Cl)c3)o2)C(=O)N1. The van der Waals surface area contributed by atoms with Gasteiger partial charge < -0.3 is 4.42 Å². The number of fused-ring (bicyclic) bond motifs is 2. The van der Waals surface area contributed by atoms with Crippen molar-refractivity contribution in [3.63, 3.8) is 0 Å². The molecule has 5 rings (SSSR count). The predicted molar refractivity (Wildman–Crippen MR) is 141 cm³/mol. The molecule has 35 heavy (non-hydrogen) atoms. The normalized spacial score (nSPS) is 16.8. The van der Waals surface area contributed by atoms with Gasteiger partial charge in [-0.05, 0) is 43.2 Å². The van der Waals surface area contributed by atoms with E-state index in [-0.39, 0.29) is 5.91 Å². The van der Waals surface area contributed by atoms with E-state index in [1.54, 1.807) is 16.8 Å². The number of aryl methyl sites for hydroxylation is 1. The third kappa shape index (κ3) is 4.88. The standard InChI is InChI=1S/C27H27ClN4O2S/c1-3-4-5-8-15-35-27-30-26(33)24-19-9-6-7-10-21(19)29-25(32(24)31-27)23-14-13-22(34-23)18-12-11-17(2)20(28)16-18/h6-7,9-14,16,25H,3-5,8,15H2,1-2H3,(H,30,31,33)/t25-/m1/s1. The van der Waals surface area contributed by atoms with Gasteiger partial charge in [-0.25, -0.2) is 10.0 Å². The number of carbonyl (C=O) groups excluding carboxylic acids is 1. The van der Waals surface area contributed by atoms with Gasteiger partial charge >= 0.3 is 0 Å². The molecular formula is C27H27ClN4O2S. The van der Waals surface area contributed by atoms with Gasteiger partial charge in [0.15, 0.2) is 10.9 Å². The Morgan fingerprint density at radius 2 is 1.97 bits per heavy atom. The van der Waals surface area contributed by atoms with Crippen LogP contribution in [0, 0.1) is 6.92 Å². The number of furan rings is 1. The zero-order valence-corrected chi connectivity index (χ0v) is 21.3. The van der Waals surface area contributed by atoms with Crippen LogP contribution in [-0.4, -0.2) is 21.8 Å². The Hall–Kier alpha value is -3.03. The van der Waals surface area contributed by atoms with Crippen molar-refractivity contribution in [2.24, 2.45) is 10.1 Å². The molecule has 6 nitrogen and oxygen atoms in total. The Kier molecular flexibility index (Phi) is 6.97. The maximum absolute atomic E-state index is 13.2. The van der Waals surface area contributed by atoms with Crippen molar-refractivity contribution in [2.75, 3.05) is 5.75 Å². The van der Waals surface area contributed by atoms with E-state index >= 15 is 0 Å². The van der Waals surface area contributed by atoms with Gasteiger partial charge in [-0.1, -0.05) is 79.9 Å². The molecule has 3 aromatic rings. The fraction of sp³-hybridized carbons (Fsp3) is 0.296. The van der Waals surface area contributed by atoms with Gasteiger partial charge in [-0.3, -0.25) is 10.1 Å². The minimum atomic E-state index is -0.587. The van der Waals surface area contributed by atoms with E-state index in [9.17, 15) is 4.79 Å². The summed E-state index contributed by atoms with van der Waals surface area (Å²) in [5, 5.41) is 12.2. The number of unbranched alkanes of at least 4 members (excludes halogenated alkanes) is 3. The second-order valence-corrected chi connectivity index (χ2v) is 10.1. The van der Waals surface area contributed by atoms with E-state index in [0.717, 1.165) is 33.9 Å². The number of nitrogens with one attached hydrogen (secondary N) is 1. The van der Waals surface area contributed by atoms with Crippen molar-refractivity contribution < 1.29 is 9.21 Å². The number of hydrogen-bond acceptors (Lipinski definition) is 6. The average molecular weight is 507 g/mol. The minimum Gasteiger partial charge on any atom is -0.457 e. The molecular weight excluding hydrogens is 480 g/mol. The Labute approximate surface area is 213 Å². The summed E-state index contributed by atoms with van der Waals surface area (Å²) >= 11 is 7.90. The van der Waals surface area contributed by atoms with E-state index < -0.39 is 6.17 Å². The molecule has 2 aliphatic heterocycles. The number of hydrogen-bond donors (Lipinski definition) is 1. The molecule has 0 saturated carbocycles. The molecule has 1 amide bonds. The number of carbonyl (C=O) groups is 1. The zero-order chi connectivity index (χ0) is 24.4. The van der Waals surface area contributed by atoms with E-state index in [1.165, 1.54) is 19.3 Å². The smallest absolute Gasteiger partial charge is 0.276 e. The van der Waals surface area contributed by atoms with Crippen LogP contribution in [-0.2, 0) is 4.79 Å². The molecule has 1 atom stereocenters. The summed E-state index contributed by atoms with van der Waals surface area (Å²) in [6, 6.07) is 17.3. The summed E-state index contributed by atoms with van der Waals surface area (Å²) in [5.41, 5.74) is 2.37. The first-order chi connectivity index (χ1) is 17.0. The molecule has 0 fully saturated rings. The van der Waals surface area contributed by atoms with E-state index in [4.69, 9.17) is 26.1 Å². The maximum Gasteiger partial charge on any atom is 0.276 e. The van der Waals surface area contributed by atoms with Gasteiger partial charge in [-0.2, -0.15) is 0 Å². The molecule has 2 aliphatic rings. The first-order valence-corrected chi connectivity index (χ1v) is 13.3. The quantitative estimate of drug-likeness (QED) is 0.438. The van der Waals surface area contributed by atoms with Crippen LogP contribution in [0.5, 0.6) is 0 Å². The highest BCUT2D eigenvalue weighted by molar-refractivity contribution is 8.13. The summed E-state index contributed by atoms with van der Waals surface area (Å²) in [6.07, 6.45) is 4.08. The van der Waals surface area contributed by atoms with Crippen LogP contribution in [0.2, 0.25) is 5.02 Å². The average Bonchev–Trinajstić information content (AvgIpc) is 3.35. The zero-order valence-electron chi connectivity index (χ0n) is 19.8. The van der Waals surface area contributed by atoms with Crippen LogP contribution < -0.4 is 15.9 Å². The van der Waals surface area contributed by atoms with Crippen molar-refractivity contribution in [2.45, 2.75) is 45.7 Å². The molecule has 0 bridgehead atoms. The third-order valence-electron chi connectivity index (χ3n) is 6.09. The fourth-order valence-corrected chi connectivity index (χ4v) is 5.20. The number of halogens is 1. The van der Waals surface area contributed by atoms with Crippen molar-refractivity contribution in [3.8, 4) is 11.3 Å². The van der Waals surface area contributed by atoms with E-state index in [2.05, 4.69) is 12.2 Å². The predicted octanol–water partition coefficient (Wildman–Crippen LogP) is 5.36. The highest BCUT2D eigenvalue weighted by Gasteiger charge is 2.36. The molecule has 0 spiro atoms. The van der Waals surface area contributed by atoms with Gasteiger partial charge in [0.25, 0.3) is 5.91 Å². The van der Waals surface area contributed by atoms with Gasteiger partial charge in [0.05, 0.1) is 5.36 Å². The van der Waals surface area contributed by atoms with Crippen LogP contribution in [0.25, 0.3) is 17.0 Å². The molecule has 8 heteroatoms. The van der Waals surface area contributed by atoms with Gasteiger partial charge in [0.1, 0.15) is 11.5 Å². The molecule has 0 aliphatic carbocycles. The highest BCUT2D eigenvalue weighted by atomic mass is 35.5. The lowest BCUT2D eigenvalue weighted by Gasteiger charge is -2.32. The Morgan fingerprint density at radius 1 is 1.11 bits per heavy atom. The molecule has 0 unspecified atom stereocenters. The Bertz CT molecular complexity index is 1410. The summed E-state index contributed by atoms with van der Waals surface area (Å²) in [4.78, 5) is 18.2. The van der Waals surface area contributed by atoms with Crippen molar-refractivity contribution in [3.05, 3.63) is 81.5 Å². The van der Waals surface area contributed by atoms with Crippen molar-refractivity contribution >= 4 is 40.1 Å². The first-order valence-electron chi connectivity index (χ1n) is 11.9. The van der Waals surface area contributed by atoms with E-state index in [1.807, 2.05) is 61.5 Å². The number of amidine groups is 1. The number of benzene rings is 2. The molecule has 0 saturated heterocycles. The summed E-state index contributed by atoms with van der Waals surface area (Å²) in [6.45, 7) is 4.16. The number of hydrazone groups is 1. The number of rotatable bonds is 7. The van der Waals surface area contributed by atoms with E-state index in [0.29, 0.717) is 27.4 Å². The van der Waals surface area contributed by atoms with Crippen LogP contribution in [0.15, 0.2) is 69.1 Å². The summed E-state index contributed by atoms with van der Waals surface area (Å²) in [7, 11) is 0. The molecule has 0 radical (unpaired) electrons. The summed E-state index contributed by atoms with van der Waals surface area (Å²) < 4.78 is 6.25. The fourth-order valence-electron chi connectivity index (χ4n) is 4.17. The monoisotopic (exact) mass is 506 g/mol. The lowest BCUT2D eigenvalue weighted by molar-refractivity contribution is -0.116. The lowest BCUT2D eigenvalue weighted by Crippen LogP contribution is -2.50. The maximum atomic E-state index is 13.2. The Balaban J connectivity index is 1.50. The second kappa shape index (κ2) is 10.3. The van der Waals surface area contributed by atoms with Crippen LogP contribution in [0.4, 0.5) is 0 Å². The van der Waals surface area contributed by atoms with Crippen LogP contribution in [0.3, 0.4) is 0 Å². The van der Waals surface area contributed by atoms with Crippen molar-refractivity contribution in [1.82, 2.24) is 10.3 Å². The number of thioether (sulfide) groups is 1. The number of amides is 1. The topological polar surface area (TPSA) is 70.2 Å². The molecule has 1 N–H and O–H groups in total. The Morgan fingerprint density at radius 3 is 2.80 bits per heavy atom. The van der Waals surface area contributed by atoms with Gasteiger partial charge in [-0.15, -0.1) is 5.10 Å². The van der Waals surface area contributed by atoms with Crippen LogP contribution >= 0.6 is 23.4 Å². The van der Waals surface area contributed by atoms with Gasteiger partial charge in [0, 0.05) is 21.6 Å². The lowest BCUT2D eigenvalue weighted by atomic mass is 10.1. The second-order valence-electron chi connectivity index (χ2n) is 8.65. The van der Waals surface area contributed by atoms with Gasteiger partial charge in [0.2, 0.25) is 6.17 Å². The third-order valence-corrected chi connectivity index (χ3v) is 7.45. The van der Waals surface area contributed by atoms with Crippen molar-refractivity contribution in [1.29, 1.82) is 0 Å². The molecule has 180 valence electrons. The van der Waals surface area contributed by atoms with Crippen LogP contribution in [0.1, 0.15) is 50.1 Å². The highest BCUT2D eigenvalue weighted by Crippen LogP contribution is 2.35. The number of para-hydroxylation sites is 1. The number of nitrogens with zero attached hydrogens (tertiary/aromatic N) is 3. The minimum absolute atomic E-state index is 0.180. The first kappa shape index (κ1) is 23.7. The molecule has 3 heterocycles.